The SMILES string of the molecule is COC(=O)c1ccc2c(=O)n(Cc3ccco3)c(SC(C)C#N)nc2c1. The van der Waals surface area contributed by atoms with Crippen molar-refractivity contribution in [2.45, 2.75) is 23.9 Å². The number of benzene rings is 1. The molecule has 26 heavy (non-hydrogen) atoms. The molecule has 0 amide bonds. The number of aromatic nitrogens is 2. The topological polar surface area (TPSA) is 98.1 Å². The van der Waals surface area contributed by atoms with Gasteiger partial charge in [-0.1, -0.05) is 11.8 Å². The average molecular weight is 369 g/mol. The minimum atomic E-state index is -0.506. The largest absolute Gasteiger partial charge is 0.467 e. The Bertz CT molecular complexity index is 1050. The third-order valence-corrected chi connectivity index (χ3v) is 4.68. The van der Waals surface area contributed by atoms with Crippen molar-refractivity contribution in [3.8, 4) is 6.07 Å². The van der Waals surface area contributed by atoms with E-state index in [1.54, 1.807) is 25.1 Å². The molecule has 0 spiro atoms. The first kappa shape index (κ1) is 17.8. The van der Waals surface area contributed by atoms with Crippen LogP contribution in [0.1, 0.15) is 23.0 Å². The lowest BCUT2D eigenvalue weighted by molar-refractivity contribution is 0.0601. The van der Waals surface area contributed by atoms with E-state index in [0.717, 1.165) is 0 Å². The number of nitrogens with zero attached hydrogens (tertiary/aromatic N) is 3. The summed E-state index contributed by atoms with van der Waals surface area (Å²) >= 11 is 1.17. The molecule has 0 saturated heterocycles. The van der Waals surface area contributed by atoms with Crippen molar-refractivity contribution >= 4 is 28.6 Å². The first-order valence-electron chi connectivity index (χ1n) is 7.75. The number of nitriles is 1. The highest BCUT2D eigenvalue weighted by molar-refractivity contribution is 8.00. The molecule has 0 aliphatic carbocycles. The van der Waals surface area contributed by atoms with Gasteiger partial charge in [0.2, 0.25) is 0 Å². The standard InChI is InChI=1S/C18H15N3O4S/c1-11(9-19)26-18-20-15-8-12(17(23)24-2)5-6-14(15)16(22)21(18)10-13-4-3-7-25-13/h3-8,11H,10H2,1-2H3. The van der Waals surface area contributed by atoms with Crippen LogP contribution >= 0.6 is 11.8 Å². The maximum atomic E-state index is 13.0. The molecule has 0 saturated carbocycles. The summed E-state index contributed by atoms with van der Waals surface area (Å²) in [7, 11) is 1.29. The molecule has 0 aliphatic heterocycles. The zero-order valence-electron chi connectivity index (χ0n) is 14.1. The molecule has 3 rings (SSSR count). The van der Waals surface area contributed by atoms with Crippen molar-refractivity contribution in [3.63, 3.8) is 0 Å². The van der Waals surface area contributed by atoms with E-state index in [2.05, 4.69) is 11.1 Å². The van der Waals surface area contributed by atoms with Gasteiger partial charge in [0.1, 0.15) is 5.76 Å². The summed E-state index contributed by atoms with van der Waals surface area (Å²) < 4.78 is 11.5. The van der Waals surface area contributed by atoms with Gasteiger partial charge in [0, 0.05) is 0 Å². The number of carbonyl (C=O) groups is 1. The zero-order valence-corrected chi connectivity index (χ0v) is 14.9. The van der Waals surface area contributed by atoms with Crippen LogP contribution in [0.3, 0.4) is 0 Å². The predicted octanol–water partition coefficient (Wildman–Crippen LogP) is 2.83. The minimum Gasteiger partial charge on any atom is -0.467 e. The fourth-order valence-electron chi connectivity index (χ4n) is 2.42. The van der Waals surface area contributed by atoms with Crippen molar-refractivity contribution in [2.24, 2.45) is 0 Å². The van der Waals surface area contributed by atoms with Gasteiger partial charge in [-0.05, 0) is 37.3 Å². The van der Waals surface area contributed by atoms with E-state index in [-0.39, 0.29) is 12.1 Å². The van der Waals surface area contributed by atoms with Crippen LogP contribution in [0.2, 0.25) is 0 Å². The fourth-order valence-corrected chi connectivity index (χ4v) is 3.21. The first-order chi connectivity index (χ1) is 12.5. The summed E-state index contributed by atoms with van der Waals surface area (Å²) in [5, 5.41) is 9.47. The quantitative estimate of drug-likeness (QED) is 0.387. The number of rotatable bonds is 5. The Morgan fingerprint density at radius 1 is 1.46 bits per heavy atom. The third-order valence-electron chi connectivity index (χ3n) is 3.70. The molecule has 0 N–H and O–H groups in total. The Kier molecular flexibility index (Phi) is 5.09. The molecule has 2 aromatic heterocycles. The van der Waals surface area contributed by atoms with Crippen LogP contribution in [-0.2, 0) is 11.3 Å². The summed E-state index contributed by atoms with van der Waals surface area (Å²) in [5.41, 5.74) is 0.414. The van der Waals surface area contributed by atoms with Crippen molar-refractivity contribution in [3.05, 3.63) is 58.3 Å². The predicted molar refractivity (Wildman–Crippen MR) is 96.1 cm³/mol. The number of fused-ring (bicyclic) bond motifs is 1. The van der Waals surface area contributed by atoms with Gasteiger partial charge >= 0.3 is 5.97 Å². The highest BCUT2D eigenvalue weighted by Crippen LogP contribution is 2.23. The van der Waals surface area contributed by atoms with Crippen LogP contribution in [0.4, 0.5) is 0 Å². The van der Waals surface area contributed by atoms with Crippen molar-refractivity contribution in [2.75, 3.05) is 7.11 Å². The molecule has 1 aromatic carbocycles. The van der Waals surface area contributed by atoms with Crippen molar-refractivity contribution < 1.29 is 13.9 Å². The Hall–Kier alpha value is -3.05. The maximum Gasteiger partial charge on any atom is 0.337 e. The molecule has 0 bridgehead atoms. The molecule has 7 nitrogen and oxygen atoms in total. The Morgan fingerprint density at radius 3 is 2.92 bits per heavy atom. The van der Waals surface area contributed by atoms with Crippen LogP contribution < -0.4 is 5.56 Å². The molecule has 3 aromatic rings. The van der Waals surface area contributed by atoms with Gasteiger partial charge in [0.05, 0.1) is 47.7 Å². The number of thioether (sulfide) groups is 1. The van der Waals surface area contributed by atoms with Gasteiger partial charge in [-0.15, -0.1) is 0 Å². The van der Waals surface area contributed by atoms with Crippen LogP contribution in [0.15, 0.2) is 51.0 Å². The number of esters is 1. The average Bonchev–Trinajstić information content (AvgIpc) is 3.16. The summed E-state index contributed by atoms with van der Waals surface area (Å²) in [5.74, 6) is 0.0963. The van der Waals surface area contributed by atoms with Gasteiger partial charge in [-0.3, -0.25) is 9.36 Å². The van der Waals surface area contributed by atoms with Crippen LogP contribution in [0.25, 0.3) is 10.9 Å². The van der Waals surface area contributed by atoms with Gasteiger partial charge in [-0.2, -0.15) is 5.26 Å². The zero-order chi connectivity index (χ0) is 18.7. The Labute approximate surface area is 153 Å². The summed E-state index contributed by atoms with van der Waals surface area (Å²) in [4.78, 5) is 29.2. The normalized spacial score (nSPS) is 11.9. The lowest BCUT2D eigenvalue weighted by Gasteiger charge is -2.13. The lowest BCUT2D eigenvalue weighted by Crippen LogP contribution is -2.24. The highest BCUT2D eigenvalue weighted by Gasteiger charge is 2.17. The van der Waals surface area contributed by atoms with Crippen molar-refractivity contribution in [1.29, 1.82) is 5.26 Å². The number of furan rings is 1. The molecule has 1 unspecified atom stereocenters. The van der Waals surface area contributed by atoms with Crippen LogP contribution in [0.5, 0.6) is 0 Å². The van der Waals surface area contributed by atoms with Crippen LogP contribution in [0, 0.1) is 11.3 Å². The third kappa shape index (κ3) is 3.48. The van der Waals surface area contributed by atoms with Crippen molar-refractivity contribution in [1.82, 2.24) is 9.55 Å². The molecular weight excluding hydrogens is 354 g/mol. The Balaban J connectivity index is 2.18. The number of ether oxygens (including phenoxy) is 1. The second kappa shape index (κ2) is 7.45. The molecule has 0 aliphatic rings. The number of carbonyl (C=O) groups excluding carboxylic acids is 1. The summed E-state index contributed by atoms with van der Waals surface area (Å²) in [6.07, 6.45) is 1.53. The molecule has 0 radical (unpaired) electrons. The molecule has 0 fully saturated rings. The number of methoxy groups -OCH3 is 1. The molecule has 2 heterocycles. The molecular formula is C18H15N3O4S. The smallest absolute Gasteiger partial charge is 0.337 e. The highest BCUT2D eigenvalue weighted by atomic mass is 32.2. The van der Waals surface area contributed by atoms with E-state index in [4.69, 9.17) is 14.4 Å². The monoisotopic (exact) mass is 369 g/mol. The second-order valence-corrected chi connectivity index (χ2v) is 6.79. The molecule has 132 valence electrons. The van der Waals surface area contributed by atoms with Gasteiger partial charge in [0.15, 0.2) is 5.16 Å². The van der Waals surface area contributed by atoms with Gasteiger partial charge in [0.25, 0.3) is 5.56 Å². The fraction of sp³-hybridized carbons (Fsp3) is 0.222. The first-order valence-corrected chi connectivity index (χ1v) is 8.63. The van der Waals surface area contributed by atoms with Gasteiger partial charge in [-0.25, -0.2) is 9.78 Å². The summed E-state index contributed by atoms with van der Waals surface area (Å²) in [6, 6.07) is 10.2. The lowest BCUT2D eigenvalue weighted by atomic mass is 10.1. The maximum absolute atomic E-state index is 13.0. The number of hydrogen-bond acceptors (Lipinski definition) is 7. The number of hydrogen-bond donors (Lipinski definition) is 0. The van der Waals surface area contributed by atoms with Gasteiger partial charge < -0.3 is 9.15 Å². The van der Waals surface area contributed by atoms with E-state index in [9.17, 15) is 9.59 Å². The van der Waals surface area contributed by atoms with E-state index in [0.29, 0.717) is 27.4 Å². The van der Waals surface area contributed by atoms with E-state index in [1.165, 1.54) is 41.8 Å². The van der Waals surface area contributed by atoms with E-state index >= 15 is 0 Å². The Morgan fingerprint density at radius 2 is 2.27 bits per heavy atom. The molecule has 1 atom stereocenters. The molecule has 8 heteroatoms. The summed E-state index contributed by atoms with van der Waals surface area (Å²) in [6.45, 7) is 1.93. The minimum absolute atomic E-state index is 0.202. The van der Waals surface area contributed by atoms with E-state index < -0.39 is 11.2 Å². The second-order valence-electron chi connectivity index (χ2n) is 5.48. The van der Waals surface area contributed by atoms with E-state index in [1.807, 2.05) is 0 Å². The van der Waals surface area contributed by atoms with Crippen LogP contribution in [-0.4, -0.2) is 27.9 Å².